The van der Waals surface area contributed by atoms with E-state index >= 15 is 0 Å². The second kappa shape index (κ2) is 5.73. The van der Waals surface area contributed by atoms with Gasteiger partial charge in [-0.25, -0.2) is 4.79 Å². The van der Waals surface area contributed by atoms with Crippen LogP contribution in [-0.2, 0) is 9.47 Å². The predicted octanol–water partition coefficient (Wildman–Crippen LogP) is 1.95. The third-order valence-electron chi connectivity index (χ3n) is 2.09. The van der Waals surface area contributed by atoms with Gasteiger partial charge >= 0.3 is 5.97 Å². The highest BCUT2D eigenvalue weighted by Gasteiger charge is 2.14. The van der Waals surface area contributed by atoms with Crippen LogP contribution < -0.4 is 5.73 Å². The molecule has 0 atom stereocenters. The van der Waals surface area contributed by atoms with Gasteiger partial charge in [0.15, 0.2) is 0 Å². The molecule has 18 heavy (non-hydrogen) atoms. The van der Waals surface area contributed by atoms with Gasteiger partial charge in [0.05, 0.1) is 12.2 Å². The van der Waals surface area contributed by atoms with Gasteiger partial charge in [-0.2, -0.15) is 0 Å². The minimum atomic E-state index is -0.614. The number of carbonyl (C=O) groups excluding carboxylic acids is 1. The molecule has 1 rings (SSSR count). The van der Waals surface area contributed by atoms with Crippen molar-refractivity contribution in [2.45, 2.75) is 26.4 Å². The molecule has 3 N–H and O–H groups in total. The summed E-state index contributed by atoms with van der Waals surface area (Å²) in [5.74, 6) is -0.761. The van der Waals surface area contributed by atoms with Gasteiger partial charge in [0.25, 0.3) is 0 Å². The zero-order chi connectivity index (χ0) is 13.8. The summed E-state index contributed by atoms with van der Waals surface area (Å²) in [7, 11) is 0. The van der Waals surface area contributed by atoms with Crippen LogP contribution in [-0.4, -0.2) is 29.9 Å². The first kappa shape index (κ1) is 14.3. The smallest absolute Gasteiger partial charge is 0.342 e. The van der Waals surface area contributed by atoms with E-state index in [1.807, 2.05) is 20.8 Å². The molecule has 100 valence electrons. The van der Waals surface area contributed by atoms with E-state index in [1.54, 1.807) is 0 Å². The maximum Gasteiger partial charge on any atom is 0.342 e. The highest BCUT2D eigenvalue weighted by molar-refractivity contribution is 5.93. The molecule has 0 saturated heterocycles. The third kappa shape index (κ3) is 4.63. The minimum absolute atomic E-state index is 0.0609. The van der Waals surface area contributed by atoms with Crippen molar-refractivity contribution >= 4 is 11.7 Å². The topological polar surface area (TPSA) is 81.8 Å². The Bertz CT molecular complexity index is 423. The number of rotatable bonds is 4. The average Bonchev–Trinajstić information content (AvgIpc) is 2.26. The Labute approximate surface area is 107 Å². The van der Waals surface area contributed by atoms with Crippen LogP contribution in [0.4, 0.5) is 5.69 Å². The molecule has 0 fully saturated rings. The number of hydrogen-bond acceptors (Lipinski definition) is 5. The van der Waals surface area contributed by atoms with Crippen molar-refractivity contribution < 1.29 is 19.4 Å². The number of ether oxygens (including phenoxy) is 2. The van der Waals surface area contributed by atoms with Crippen LogP contribution in [0.5, 0.6) is 5.75 Å². The fourth-order valence-electron chi connectivity index (χ4n) is 1.28. The lowest BCUT2D eigenvalue weighted by molar-refractivity contribution is -0.0282. The lowest BCUT2D eigenvalue weighted by Crippen LogP contribution is -2.22. The maximum atomic E-state index is 11.6. The average molecular weight is 253 g/mol. The Morgan fingerprint density at radius 1 is 1.33 bits per heavy atom. The normalized spacial score (nSPS) is 11.3. The monoisotopic (exact) mass is 253 g/mol. The number of anilines is 1. The highest BCUT2D eigenvalue weighted by atomic mass is 16.6. The van der Waals surface area contributed by atoms with Gasteiger partial charge in [0.1, 0.15) is 17.9 Å². The number of hydrogen-bond donors (Lipinski definition) is 2. The second-order valence-corrected chi connectivity index (χ2v) is 4.87. The summed E-state index contributed by atoms with van der Waals surface area (Å²) >= 11 is 0. The van der Waals surface area contributed by atoms with Gasteiger partial charge in [0, 0.05) is 5.69 Å². The molecule has 0 spiro atoms. The van der Waals surface area contributed by atoms with Crippen molar-refractivity contribution in [2.24, 2.45) is 0 Å². The largest absolute Gasteiger partial charge is 0.507 e. The number of nitrogen functional groups attached to an aromatic ring is 1. The second-order valence-electron chi connectivity index (χ2n) is 4.87. The first-order chi connectivity index (χ1) is 8.29. The molecule has 5 nitrogen and oxygen atoms in total. The molecule has 0 bridgehead atoms. The van der Waals surface area contributed by atoms with Crippen molar-refractivity contribution in [2.75, 3.05) is 18.9 Å². The van der Waals surface area contributed by atoms with Gasteiger partial charge < -0.3 is 20.3 Å². The molecule has 0 aromatic heterocycles. The summed E-state index contributed by atoms with van der Waals surface area (Å²) in [4.78, 5) is 11.6. The standard InChI is InChI=1S/C13H19NO4/c1-13(2,3)18-7-6-17-12(16)10-8-9(14)4-5-11(10)15/h4-5,8,15H,6-7,14H2,1-3H3. The number of benzene rings is 1. The first-order valence-electron chi connectivity index (χ1n) is 5.69. The van der Waals surface area contributed by atoms with Gasteiger partial charge in [-0.15, -0.1) is 0 Å². The summed E-state index contributed by atoms with van der Waals surface area (Å²) in [6, 6.07) is 4.24. The van der Waals surface area contributed by atoms with Crippen LogP contribution in [0.2, 0.25) is 0 Å². The van der Waals surface area contributed by atoms with E-state index in [1.165, 1.54) is 18.2 Å². The van der Waals surface area contributed by atoms with E-state index in [4.69, 9.17) is 15.2 Å². The molecule has 1 aromatic rings. The van der Waals surface area contributed by atoms with Crippen LogP contribution in [0.1, 0.15) is 31.1 Å². The van der Waals surface area contributed by atoms with Crippen LogP contribution in [0.15, 0.2) is 18.2 Å². The molecule has 0 unspecified atom stereocenters. The molecule has 1 aromatic carbocycles. The van der Waals surface area contributed by atoms with Crippen LogP contribution in [0.25, 0.3) is 0 Å². The zero-order valence-electron chi connectivity index (χ0n) is 10.9. The molecule has 5 heteroatoms. The van der Waals surface area contributed by atoms with E-state index in [9.17, 15) is 9.90 Å². The maximum absolute atomic E-state index is 11.6. The quantitative estimate of drug-likeness (QED) is 0.371. The van der Waals surface area contributed by atoms with Crippen LogP contribution in [0, 0.1) is 0 Å². The van der Waals surface area contributed by atoms with E-state index in [0.29, 0.717) is 12.3 Å². The lowest BCUT2D eigenvalue weighted by Gasteiger charge is -2.19. The van der Waals surface area contributed by atoms with Crippen molar-refractivity contribution in [1.82, 2.24) is 0 Å². The Hall–Kier alpha value is -1.75. The van der Waals surface area contributed by atoms with Crippen molar-refractivity contribution in [3.63, 3.8) is 0 Å². The lowest BCUT2D eigenvalue weighted by atomic mass is 10.2. The number of esters is 1. The summed E-state index contributed by atoms with van der Waals surface area (Å²) in [6.07, 6.45) is 0. The van der Waals surface area contributed by atoms with Gasteiger partial charge in [0.2, 0.25) is 0 Å². The molecular formula is C13H19NO4. The summed E-state index contributed by atoms with van der Waals surface area (Å²) < 4.78 is 10.4. The number of phenolic OH excluding ortho intramolecular Hbond substituents is 1. The van der Waals surface area contributed by atoms with E-state index in [-0.39, 0.29) is 23.5 Å². The molecule has 0 radical (unpaired) electrons. The predicted molar refractivity (Wildman–Crippen MR) is 68.5 cm³/mol. The molecule has 0 saturated carbocycles. The molecule has 0 aliphatic rings. The molecule has 0 aliphatic heterocycles. The van der Waals surface area contributed by atoms with Crippen LogP contribution >= 0.6 is 0 Å². The fraction of sp³-hybridized carbons (Fsp3) is 0.462. The van der Waals surface area contributed by atoms with E-state index in [0.717, 1.165) is 0 Å². The van der Waals surface area contributed by atoms with Crippen LogP contribution in [0.3, 0.4) is 0 Å². The fourth-order valence-corrected chi connectivity index (χ4v) is 1.28. The van der Waals surface area contributed by atoms with Gasteiger partial charge in [-0.1, -0.05) is 0 Å². The number of nitrogens with two attached hydrogens (primary N) is 1. The van der Waals surface area contributed by atoms with E-state index < -0.39 is 5.97 Å². The highest BCUT2D eigenvalue weighted by Crippen LogP contribution is 2.20. The molecule has 0 amide bonds. The Kier molecular flexibility index (Phi) is 4.55. The van der Waals surface area contributed by atoms with Crippen molar-refractivity contribution in [1.29, 1.82) is 0 Å². The Balaban J connectivity index is 2.48. The number of phenols is 1. The van der Waals surface area contributed by atoms with Crippen molar-refractivity contribution in [3.8, 4) is 5.75 Å². The van der Waals surface area contributed by atoms with Gasteiger partial charge in [-0.05, 0) is 39.0 Å². The molecule has 0 heterocycles. The third-order valence-corrected chi connectivity index (χ3v) is 2.09. The number of carbonyl (C=O) groups is 1. The minimum Gasteiger partial charge on any atom is -0.507 e. The summed E-state index contributed by atoms with van der Waals surface area (Å²) in [6.45, 7) is 6.18. The molecule has 0 aliphatic carbocycles. The Morgan fingerprint density at radius 3 is 2.61 bits per heavy atom. The summed E-state index contributed by atoms with van der Waals surface area (Å²) in [5, 5.41) is 9.50. The molecular weight excluding hydrogens is 234 g/mol. The zero-order valence-corrected chi connectivity index (χ0v) is 10.9. The van der Waals surface area contributed by atoms with Crippen molar-refractivity contribution in [3.05, 3.63) is 23.8 Å². The summed E-state index contributed by atoms with van der Waals surface area (Å²) in [5.41, 5.74) is 5.72. The SMILES string of the molecule is CC(C)(C)OCCOC(=O)c1cc(N)ccc1O. The number of aromatic hydroxyl groups is 1. The van der Waals surface area contributed by atoms with Gasteiger partial charge in [-0.3, -0.25) is 0 Å². The Morgan fingerprint density at radius 2 is 2.00 bits per heavy atom. The van der Waals surface area contributed by atoms with E-state index in [2.05, 4.69) is 0 Å². The first-order valence-corrected chi connectivity index (χ1v) is 5.69.